The Balaban J connectivity index is 2.36. The third-order valence-electron chi connectivity index (χ3n) is 10.1. The molecule has 0 N–H and O–H groups in total. The second kappa shape index (κ2) is 35.5. The molecule has 0 saturated heterocycles. The molecule has 0 aliphatic heterocycles. The van der Waals surface area contributed by atoms with E-state index in [1.807, 2.05) is 10.8 Å². The van der Waals surface area contributed by atoms with Gasteiger partial charge in [0.05, 0.1) is 57.4 Å². The summed E-state index contributed by atoms with van der Waals surface area (Å²) in [6.45, 7) is 12.4. The molecule has 1 heterocycles. The van der Waals surface area contributed by atoms with Crippen molar-refractivity contribution >= 4 is 23.9 Å². The van der Waals surface area contributed by atoms with Gasteiger partial charge in [-0.15, -0.1) is 0 Å². The Morgan fingerprint density at radius 2 is 0.964 bits per heavy atom. The summed E-state index contributed by atoms with van der Waals surface area (Å²) in [4.78, 5) is 56.7. The molecule has 0 amide bonds. The zero-order valence-corrected chi connectivity index (χ0v) is 35.4. The van der Waals surface area contributed by atoms with E-state index in [1.165, 1.54) is 25.7 Å². The molecule has 0 aliphatic carbocycles. The van der Waals surface area contributed by atoms with Gasteiger partial charge in [-0.05, 0) is 64.3 Å². The fourth-order valence-electron chi connectivity index (χ4n) is 6.53. The maximum Gasteiger partial charge on any atom is 0.308 e. The van der Waals surface area contributed by atoms with Crippen LogP contribution in [-0.2, 0) is 44.7 Å². The van der Waals surface area contributed by atoms with Gasteiger partial charge >= 0.3 is 23.9 Å². The van der Waals surface area contributed by atoms with Gasteiger partial charge in [-0.2, -0.15) is 0 Å². The standard InChI is InChI=1S/C44H79N3O8/c1-5-9-13-15-24-39(22-11-7-3)43(50)54-36-19-17-34-52-41(48)26-31-46(29-21-30-47-33-28-45-38-47)32-27-42(49)53-35-18-20-37-55-44(51)40(23-12-8-4)25-16-14-10-6-2/h28,33,38-40H,5-27,29-32,34-37H2,1-4H3. The molecular weight excluding hydrogens is 698 g/mol. The van der Waals surface area contributed by atoms with Crippen molar-refractivity contribution in [1.29, 1.82) is 0 Å². The van der Waals surface area contributed by atoms with E-state index in [0.717, 1.165) is 90.0 Å². The summed E-state index contributed by atoms with van der Waals surface area (Å²) in [5.41, 5.74) is 0. The van der Waals surface area contributed by atoms with Gasteiger partial charge in [-0.1, -0.05) is 105 Å². The number of esters is 4. The molecule has 0 aromatic carbocycles. The zero-order chi connectivity index (χ0) is 40.2. The summed E-state index contributed by atoms with van der Waals surface area (Å²) in [5.74, 6) is -0.757. The van der Waals surface area contributed by atoms with Crippen LogP contribution in [-0.4, -0.2) is 84.4 Å². The van der Waals surface area contributed by atoms with Crippen LogP contribution >= 0.6 is 0 Å². The molecule has 55 heavy (non-hydrogen) atoms. The van der Waals surface area contributed by atoms with Crippen LogP contribution in [0.25, 0.3) is 0 Å². The van der Waals surface area contributed by atoms with Crippen LogP contribution in [0.1, 0.15) is 175 Å². The molecule has 1 aromatic heterocycles. The lowest BCUT2D eigenvalue weighted by Gasteiger charge is -2.21. The summed E-state index contributed by atoms with van der Waals surface area (Å²) >= 11 is 0. The average molecular weight is 778 g/mol. The molecule has 318 valence electrons. The number of nitrogens with zero attached hydrogens (tertiary/aromatic N) is 3. The van der Waals surface area contributed by atoms with Crippen molar-refractivity contribution in [3.63, 3.8) is 0 Å². The van der Waals surface area contributed by atoms with Crippen LogP contribution in [0.3, 0.4) is 0 Å². The van der Waals surface area contributed by atoms with Crippen LogP contribution in [0.15, 0.2) is 18.7 Å². The maximum atomic E-state index is 12.7. The van der Waals surface area contributed by atoms with E-state index < -0.39 is 0 Å². The Kier molecular flexibility index (Phi) is 32.3. The predicted molar refractivity (Wildman–Crippen MR) is 218 cm³/mol. The topological polar surface area (TPSA) is 126 Å². The highest BCUT2D eigenvalue weighted by Gasteiger charge is 2.20. The Bertz CT molecular complexity index is 1020. The van der Waals surface area contributed by atoms with Gasteiger partial charge in [0.15, 0.2) is 0 Å². The highest BCUT2D eigenvalue weighted by atomic mass is 16.5. The zero-order valence-electron chi connectivity index (χ0n) is 35.4. The van der Waals surface area contributed by atoms with Gasteiger partial charge in [-0.25, -0.2) is 4.98 Å². The molecule has 0 fully saturated rings. The minimum absolute atomic E-state index is 0.0135. The van der Waals surface area contributed by atoms with E-state index in [9.17, 15) is 19.2 Å². The van der Waals surface area contributed by atoms with Crippen LogP contribution in [0.5, 0.6) is 0 Å². The molecule has 1 aromatic rings. The number of hydrogen-bond donors (Lipinski definition) is 0. The Labute approximate surface area is 334 Å². The number of carbonyl (C=O) groups is 4. The molecular formula is C44H79N3O8. The highest BCUT2D eigenvalue weighted by molar-refractivity contribution is 5.73. The van der Waals surface area contributed by atoms with Gasteiger partial charge in [0.25, 0.3) is 0 Å². The molecule has 11 heteroatoms. The first-order valence-electron chi connectivity index (χ1n) is 22.2. The number of ether oxygens (including phenoxy) is 4. The number of hydrogen-bond acceptors (Lipinski definition) is 10. The molecule has 0 spiro atoms. The minimum Gasteiger partial charge on any atom is -0.466 e. The molecule has 0 radical (unpaired) electrons. The average Bonchev–Trinajstić information content (AvgIpc) is 3.71. The fraction of sp³-hybridized carbons (Fsp3) is 0.841. The lowest BCUT2D eigenvalue weighted by Crippen LogP contribution is -2.31. The van der Waals surface area contributed by atoms with Gasteiger partial charge in [0.2, 0.25) is 0 Å². The van der Waals surface area contributed by atoms with Crippen molar-refractivity contribution in [2.24, 2.45) is 11.8 Å². The molecule has 11 nitrogen and oxygen atoms in total. The lowest BCUT2D eigenvalue weighted by molar-refractivity contribution is -0.150. The fourth-order valence-corrected chi connectivity index (χ4v) is 6.53. The monoisotopic (exact) mass is 778 g/mol. The molecule has 0 saturated carbocycles. The predicted octanol–water partition coefficient (Wildman–Crippen LogP) is 9.64. The number of rotatable bonds is 38. The number of imidazole rings is 1. The number of aromatic nitrogens is 2. The summed E-state index contributed by atoms with van der Waals surface area (Å²) in [6.07, 6.45) is 26.3. The molecule has 0 bridgehead atoms. The SMILES string of the molecule is CCCCCCC(CCCC)C(=O)OCCCCOC(=O)CCN(CCCn1ccnc1)CCC(=O)OCCCCOC(=O)C(CCCC)CCCCCC. The van der Waals surface area contributed by atoms with E-state index in [4.69, 9.17) is 18.9 Å². The van der Waals surface area contributed by atoms with E-state index >= 15 is 0 Å². The van der Waals surface area contributed by atoms with E-state index in [0.29, 0.717) is 58.5 Å². The highest BCUT2D eigenvalue weighted by Crippen LogP contribution is 2.20. The molecule has 2 atom stereocenters. The molecule has 2 unspecified atom stereocenters. The Morgan fingerprint density at radius 3 is 1.38 bits per heavy atom. The summed E-state index contributed by atoms with van der Waals surface area (Å²) < 4.78 is 24.2. The van der Waals surface area contributed by atoms with Gasteiger partial charge in [0.1, 0.15) is 0 Å². The third-order valence-corrected chi connectivity index (χ3v) is 10.1. The summed E-state index contributed by atoms with van der Waals surface area (Å²) in [7, 11) is 0. The molecule has 0 aliphatic rings. The first-order chi connectivity index (χ1) is 26.8. The van der Waals surface area contributed by atoms with Crippen molar-refractivity contribution in [3.8, 4) is 0 Å². The van der Waals surface area contributed by atoms with Crippen molar-refractivity contribution in [3.05, 3.63) is 18.7 Å². The van der Waals surface area contributed by atoms with Crippen LogP contribution in [0, 0.1) is 11.8 Å². The summed E-state index contributed by atoms with van der Waals surface area (Å²) in [6, 6.07) is 0. The van der Waals surface area contributed by atoms with E-state index in [-0.39, 0.29) is 61.8 Å². The van der Waals surface area contributed by atoms with Crippen LogP contribution < -0.4 is 0 Å². The van der Waals surface area contributed by atoms with Crippen LogP contribution in [0.4, 0.5) is 0 Å². The second-order valence-corrected chi connectivity index (χ2v) is 15.1. The quantitative estimate of drug-likeness (QED) is 0.0364. The maximum absolute atomic E-state index is 12.7. The smallest absolute Gasteiger partial charge is 0.308 e. The lowest BCUT2D eigenvalue weighted by atomic mass is 9.95. The molecule has 1 rings (SSSR count). The van der Waals surface area contributed by atoms with E-state index in [2.05, 4.69) is 37.6 Å². The normalized spacial score (nSPS) is 12.4. The van der Waals surface area contributed by atoms with Crippen LogP contribution in [0.2, 0.25) is 0 Å². The second-order valence-electron chi connectivity index (χ2n) is 15.1. The van der Waals surface area contributed by atoms with Gasteiger partial charge in [0, 0.05) is 32.0 Å². The number of carbonyl (C=O) groups excluding carboxylic acids is 4. The first kappa shape index (κ1) is 50.1. The first-order valence-corrected chi connectivity index (χ1v) is 22.2. The largest absolute Gasteiger partial charge is 0.466 e. The van der Waals surface area contributed by atoms with Gasteiger partial charge < -0.3 is 28.4 Å². The Morgan fingerprint density at radius 1 is 0.527 bits per heavy atom. The summed E-state index contributed by atoms with van der Waals surface area (Å²) in [5, 5.41) is 0. The third kappa shape index (κ3) is 28.2. The van der Waals surface area contributed by atoms with E-state index in [1.54, 1.807) is 12.5 Å². The minimum atomic E-state index is -0.278. The van der Waals surface area contributed by atoms with Gasteiger partial charge in [-0.3, -0.25) is 19.2 Å². The van der Waals surface area contributed by atoms with Crippen molar-refractivity contribution in [2.75, 3.05) is 46.1 Å². The Hall–Kier alpha value is -2.95. The number of aryl methyl sites for hydroxylation is 1. The number of unbranched alkanes of at least 4 members (excludes halogenated alkanes) is 10. The van der Waals surface area contributed by atoms with Crippen molar-refractivity contribution < 1.29 is 38.1 Å². The van der Waals surface area contributed by atoms with Crippen molar-refractivity contribution in [2.45, 2.75) is 182 Å². The van der Waals surface area contributed by atoms with Crippen molar-refractivity contribution in [1.82, 2.24) is 14.5 Å².